The number of carboxylic acids is 1. The number of carboxylic acid groups (broad SMARTS) is 1. The minimum Gasteiger partial charge on any atom is -0.480 e. The van der Waals surface area contributed by atoms with Crippen molar-refractivity contribution >= 4 is 23.6 Å². The number of rotatable bonds is 5. The zero-order chi connectivity index (χ0) is 15.6. The maximum Gasteiger partial charge on any atom is 0.329 e. The summed E-state index contributed by atoms with van der Waals surface area (Å²) in [6, 6.07) is 3.57. The van der Waals surface area contributed by atoms with Crippen LogP contribution in [0.1, 0.15) is 25.3 Å². The van der Waals surface area contributed by atoms with Gasteiger partial charge >= 0.3 is 12.0 Å². The van der Waals surface area contributed by atoms with Crippen molar-refractivity contribution in [2.45, 2.75) is 31.8 Å². The van der Waals surface area contributed by atoms with E-state index in [2.05, 4.69) is 10.6 Å². The molecule has 114 valence electrons. The summed E-state index contributed by atoms with van der Waals surface area (Å²) in [7, 11) is 0. The molecular formula is C14H16ClFN2O3. The van der Waals surface area contributed by atoms with Gasteiger partial charge in [-0.25, -0.2) is 14.0 Å². The monoisotopic (exact) mass is 314 g/mol. The Labute approximate surface area is 126 Å². The Morgan fingerprint density at radius 1 is 1.48 bits per heavy atom. The van der Waals surface area contributed by atoms with Gasteiger partial charge in [0.2, 0.25) is 0 Å². The number of hydrogen-bond donors (Lipinski definition) is 3. The fourth-order valence-corrected chi connectivity index (χ4v) is 2.37. The lowest BCUT2D eigenvalue weighted by atomic mass is 9.96. The van der Waals surface area contributed by atoms with E-state index in [4.69, 9.17) is 11.6 Å². The molecule has 0 saturated heterocycles. The second-order valence-electron chi connectivity index (χ2n) is 5.29. The number of urea groups is 1. The smallest absolute Gasteiger partial charge is 0.329 e. The summed E-state index contributed by atoms with van der Waals surface area (Å²) in [5, 5.41) is 14.3. The van der Waals surface area contributed by atoms with Gasteiger partial charge in [-0.1, -0.05) is 17.7 Å². The van der Waals surface area contributed by atoms with E-state index in [1.165, 1.54) is 25.1 Å². The first-order valence-corrected chi connectivity index (χ1v) is 6.94. The highest BCUT2D eigenvalue weighted by atomic mass is 35.5. The number of halogens is 2. The minimum absolute atomic E-state index is 0.0715. The van der Waals surface area contributed by atoms with Crippen LogP contribution in [0.15, 0.2) is 18.2 Å². The molecular weight excluding hydrogens is 299 g/mol. The minimum atomic E-state index is -1.30. The third-order valence-corrected chi connectivity index (χ3v) is 4.05. The molecule has 2 rings (SSSR count). The number of aliphatic carboxylic acids is 1. The highest BCUT2D eigenvalue weighted by molar-refractivity contribution is 6.31. The van der Waals surface area contributed by atoms with Crippen molar-refractivity contribution in [2.75, 3.05) is 0 Å². The third-order valence-electron chi connectivity index (χ3n) is 3.70. The molecule has 1 fully saturated rings. The molecule has 1 saturated carbocycles. The number of amides is 2. The number of hydrogen-bond acceptors (Lipinski definition) is 2. The topological polar surface area (TPSA) is 78.4 Å². The van der Waals surface area contributed by atoms with Crippen LogP contribution >= 0.6 is 11.6 Å². The Morgan fingerprint density at radius 2 is 2.14 bits per heavy atom. The Morgan fingerprint density at radius 3 is 2.67 bits per heavy atom. The first kappa shape index (κ1) is 15.6. The van der Waals surface area contributed by atoms with Crippen LogP contribution in [-0.2, 0) is 11.3 Å². The molecule has 0 aromatic heterocycles. The average molecular weight is 315 g/mol. The molecule has 3 N–H and O–H groups in total. The van der Waals surface area contributed by atoms with Crippen LogP contribution in [0.2, 0.25) is 5.02 Å². The number of benzene rings is 1. The van der Waals surface area contributed by atoms with E-state index in [9.17, 15) is 19.1 Å². The quantitative estimate of drug-likeness (QED) is 0.781. The summed E-state index contributed by atoms with van der Waals surface area (Å²) in [5.41, 5.74) is -1.14. The third kappa shape index (κ3) is 3.44. The second-order valence-corrected chi connectivity index (χ2v) is 5.70. The molecule has 1 unspecified atom stereocenters. The van der Waals surface area contributed by atoms with Gasteiger partial charge in [0.25, 0.3) is 0 Å². The predicted molar refractivity (Wildman–Crippen MR) is 75.5 cm³/mol. The molecule has 0 radical (unpaired) electrons. The van der Waals surface area contributed by atoms with Crippen molar-refractivity contribution in [2.24, 2.45) is 5.92 Å². The number of carbonyl (C=O) groups excluding carboxylic acids is 1. The first-order chi connectivity index (χ1) is 9.84. The van der Waals surface area contributed by atoms with E-state index >= 15 is 0 Å². The molecule has 1 aromatic carbocycles. The van der Waals surface area contributed by atoms with Crippen molar-refractivity contribution in [3.05, 3.63) is 34.6 Å². The van der Waals surface area contributed by atoms with Crippen molar-refractivity contribution < 1.29 is 19.1 Å². The van der Waals surface area contributed by atoms with Crippen molar-refractivity contribution in [1.29, 1.82) is 0 Å². The lowest BCUT2D eigenvalue weighted by Gasteiger charge is -2.26. The highest BCUT2D eigenvalue weighted by Crippen LogP contribution is 2.39. The van der Waals surface area contributed by atoms with Crippen LogP contribution < -0.4 is 10.6 Å². The normalized spacial score (nSPS) is 16.9. The highest BCUT2D eigenvalue weighted by Gasteiger charge is 2.48. The van der Waals surface area contributed by atoms with Gasteiger partial charge in [0.05, 0.1) is 0 Å². The lowest BCUT2D eigenvalue weighted by molar-refractivity contribution is -0.144. The van der Waals surface area contributed by atoms with Crippen LogP contribution in [0.3, 0.4) is 0 Å². The first-order valence-electron chi connectivity index (χ1n) is 6.57. The van der Waals surface area contributed by atoms with E-state index in [-0.39, 0.29) is 23.0 Å². The Hall–Kier alpha value is -1.82. The van der Waals surface area contributed by atoms with E-state index < -0.39 is 23.4 Å². The van der Waals surface area contributed by atoms with Gasteiger partial charge < -0.3 is 15.7 Å². The van der Waals surface area contributed by atoms with Crippen LogP contribution in [0, 0.1) is 11.7 Å². The summed E-state index contributed by atoms with van der Waals surface area (Å²) in [6.07, 6.45) is 1.53. The van der Waals surface area contributed by atoms with E-state index in [1.54, 1.807) is 0 Å². The Bertz CT molecular complexity index is 557. The molecule has 1 aromatic rings. The SMILES string of the molecule is CC(NC(=O)NCc1c(F)cccc1Cl)(C(=O)O)C1CC1. The van der Waals surface area contributed by atoms with E-state index in [0.717, 1.165) is 12.8 Å². The molecule has 1 atom stereocenters. The van der Waals surface area contributed by atoms with Gasteiger partial charge in [0.15, 0.2) is 0 Å². The number of carbonyl (C=O) groups is 2. The standard InChI is InChI=1S/C14H16ClFN2O3/c1-14(12(19)20,8-5-6-8)18-13(21)17-7-9-10(15)3-2-4-11(9)16/h2-4,8H,5-7H2,1H3,(H,19,20)(H2,17,18,21). The lowest BCUT2D eigenvalue weighted by Crippen LogP contribution is -2.56. The molecule has 0 aliphatic heterocycles. The van der Waals surface area contributed by atoms with Crippen molar-refractivity contribution in [1.82, 2.24) is 10.6 Å². The van der Waals surface area contributed by atoms with Gasteiger partial charge in [-0.15, -0.1) is 0 Å². The molecule has 2 amide bonds. The fourth-order valence-electron chi connectivity index (χ4n) is 2.14. The van der Waals surface area contributed by atoms with Gasteiger partial charge in [-0.05, 0) is 37.8 Å². The molecule has 0 heterocycles. The summed E-state index contributed by atoms with van der Waals surface area (Å²) >= 11 is 5.85. The van der Waals surface area contributed by atoms with Crippen molar-refractivity contribution in [3.8, 4) is 0 Å². The van der Waals surface area contributed by atoms with Gasteiger partial charge in [-0.2, -0.15) is 0 Å². The molecule has 1 aliphatic carbocycles. The molecule has 0 bridgehead atoms. The summed E-state index contributed by atoms with van der Waals surface area (Å²) in [6.45, 7) is 1.36. The van der Waals surface area contributed by atoms with Crippen molar-refractivity contribution in [3.63, 3.8) is 0 Å². The zero-order valence-corrected chi connectivity index (χ0v) is 12.2. The van der Waals surface area contributed by atoms with Gasteiger partial charge in [0, 0.05) is 17.1 Å². The molecule has 1 aliphatic rings. The fraction of sp³-hybridized carbons (Fsp3) is 0.429. The largest absolute Gasteiger partial charge is 0.480 e. The van der Waals surface area contributed by atoms with Crippen LogP contribution in [0.5, 0.6) is 0 Å². The van der Waals surface area contributed by atoms with E-state index in [1.807, 2.05) is 0 Å². The van der Waals surface area contributed by atoms with Crippen LogP contribution in [0.25, 0.3) is 0 Å². The molecule has 21 heavy (non-hydrogen) atoms. The van der Waals surface area contributed by atoms with Gasteiger partial charge in [0.1, 0.15) is 11.4 Å². The predicted octanol–water partition coefficient (Wildman–Crippen LogP) is 2.53. The van der Waals surface area contributed by atoms with E-state index in [0.29, 0.717) is 0 Å². The summed E-state index contributed by atoms with van der Waals surface area (Å²) in [4.78, 5) is 23.1. The maximum absolute atomic E-state index is 13.6. The average Bonchev–Trinajstić information content (AvgIpc) is 3.22. The maximum atomic E-state index is 13.6. The Balaban J connectivity index is 1.97. The molecule has 5 nitrogen and oxygen atoms in total. The summed E-state index contributed by atoms with van der Waals surface area (Å²) in [5.74, 6) is -1.67. The zero-order valence-electron chi connectivity index (χ0n) is 11.5. The second kappa shape index (κ2) is 5.89. The van der Waals surface area contributed by atoms with Gasteiger partial charge in [-0.3, -0.25) is 0 Å². The van der Waals surface area contributed by atoms with Crippen LogP contribution in [0.4, 0.5) is 9.18 Å². The summed E-state index contributed by atoms with van der Waals surface area (Å²) < 4.78 is 13.6. The number of nitrogens with one attached hydrogen (secondary N) is 2. The molecule has 0 spiro atoms. The Kier molecular flexibility index (Phi) is 4.37. The molecule has 7 heteroatoms. The van der Waals surface area contributed by atoms with Crippen LogP contribution in [-0.4, -0.2) is 22.6 Å².